The Balaban J connectivity index is 1.74. The summed E-state index contributed by atoms with van der Waals surface area (Å²) in [6, 6.07) is 23.1. The molecule has 0 amide bonds. The van der Waals surface area contributed by atoms with E-state index in [0.29, 0.717) is 5.56 Å². The predicted molar refractivity (Wildman–Crippen MR) is 102 cm³/mol. The number of para-hydroxylation sites is 1. The van der Waals surface area contributed by atoms with Crippen LogP contribution in [0.25, 0.3) is 6.08 Å². The van der Waals surface area contributed by atoms with E-state index in [0.717, 1.165) is 22.6 Å². The topological polar surface area (TPSA) is 26.3 Å². The number of rotatable bonds is 5. The lowest BCUT2D eigenvalue weighted by atomic mass is 10.0. The van der Waals surface area contributed by atoms with Crippen molar-refractivity contribution in [1.82, 2.24) is 0 Å². The van der Waals surface area contributed by atoms with Crippen molar-refractivity contribution in [2.75, 3.05) is 0 Å². The van der Waals surface area contributed by atoms with Crippen molar-refractivity contribution in [3.63, 3.8) is 0 Å². The fourth-order valence-electron chi connectivity index (χ4n) is 2.47. The molecule has 0 spiro atoms. The van der Waals surface area contributed by atoms with Crippen molar-refractivity contribution >= 4 is 11.9 Å². The van der Waals surface area contributed by atoms with Crippen LogP contribution in [-0.2, 0) is 0 Å². The number of aryl methyl sites for hydroxylation is 2. The molecule has 0 fully saturated rings. The van der Waals surface area contributed by atoms with E-state index in [1.165, 1.54) is 5.56 Å². The average molecular weight is 328 g/mol. The quantitative estimate of drug-likeness (QED) is 0.424. The first-order valence-electron chi connectivity index (χ1n) is 8.24. The van der Waals surface area contributed by atoms with Gasteiger partial charge in [-0.3, -0.25) is 4.79 Å². The van der Waals surface area contributed by atoms with Crippen LogP contribution in [0, 0.1) is 13.8 Å². The first kappa shape index (κ1) is 16.7. The Hall–Kier alpha value is -3.13. The van der Waals surface area contributed by atoms with Crippen molar-refractivity contribution in [2.45, 2.75) is 13.8 Å². The third-order valence-corrected chi connectivity index (χ3v) is 4.06. The molecule has 124 valence electrons. The summed E-state index contributed by atoms with van der Waals surface area (Å²) in [6.45, 7) is 4.05. The van der Waals surface area contributed by atoms with Crippen molar-refractivity contribution in [3.8, 4) is 11.5 Å². The van der Waals surface area contributed by atoms with Gasteiger partial charge < -0.3 is 4.74 Å². The summed E-state index contributed by atoms with van der Waals surface area (Å²) in [7, 11) is 0. The molecule has 0 bridgehead atoms. The van der Waals surface area contributed by atoms with Gasteiger partial charge in [-0.2, -0.15) is 0 Å². The van der Waals surface area contributed by atoms with Gasteiger partial charge in [-0.25, -0.2) is 0 Å². The third kappa shape index (κ3) is 4.45. The molecule has 0 aliphatic heterocycles. The second-order valence-electron chi connectivity index (χ2n) is 5.98. The minimum Gasteiger partial charge on any atom is -0.457 e. The van der Waals surface area contributed by atoms with Crippen molar-refractivity contribution < 1.29 is 9.53 Å². The number of ketones is 1. The summed E-state index contributed by atoms with van der Waals surface area (Å²) in [5.41, 5.74) is 3.94. The van der Waals surface area contributed by atoms with Crippen LogP contribution >= 0.6 is 0 Å². The minimum atomic E-state index is -0.00233. The lowest BCUT2D eigenvalue weighted by Crippen LogP contribution is -1.95. The Kier molecular flexibility index (Phi) is 5.10. The van der Waals surface area contributed by atoms with Gasteiger partial charge in [0.2, 0.25) is 0 Å². The average Bonchev–Trinajstić information content (AvgIpc) is 2.63. The molecule has 0 aromatic heterocycles. The van der Waals surface area contributed by atoms with E-state index in [4.69, 9.17) is 4.74 Å². The Labute approximate surface area is 148 Å². The summed E-state index contributed by atoms with van der Waals surface area (Å²) in [5, 5.41) is 0. The highest BCUT2D eigenvalue weighted by Crippen LogP contribution is 2.22. The number of ether oxygens (including phenoxy) is 1. The number of carbonyl (C=O) groups excluding carboxylic acids is 1. The SMILES string of the molecule is Cc1ccc(C(=O)/C=C/c2cccc(Oc3ccccc3)c2)cc1C. The molecule has 0 unspecified atom stereocenters. The maximum absolute atomic E-state index is 12.3. The van der Waals surface area contributed by atoms with Gasteiger partial charge in [0, 0.05) is 5.56 Å². The molecule has 0 radical (unpaired) electrons. The Morgan fingerprint density at radius 1 is 0.800 bits per heavy atom. The van der Waals surface area contributed by atoms with E-state index in [9.17, 15) is 4.79 Å². The predicted octanol–water partition coefficient (Wildman–Crippen LogP) is 5.99. The molecule has 3 rings (SSSR count). The van der Waals surface area contributed by atoms with Crippen molar-refractivity contribution in [3.05, 3.63) is 101 Å². The molecule has 0 saturated heterocycles. The van der Waals surface area contributed by atoms with Gasteiger partial charge in [-0.15, -0.1) is 0 Å². The van der Waals surface area contributed by atoms with E-state index in [1.807, 2.05) is 92.7 Å². The van der Waals surface area contributed by atoms with Crippen LogP contribution in [0.4, 0.5) is 0 Å². The largest absolute Gasteiger partial charge is 0.457 e. The first-order chi connectivity index (χ1) is 12.1. The molecule has 0 aliphatic carbocycles. The van der Waals surface area contributed by atoms with Crippen LogP contribution in [0.15, 0.2) is 78.9 Å². The molecule has 0 aliphatic rings. The van der Waals surface area contributed by atoms with E-state index in [2.05, 4.69) is 0 Å². The molecule has 0 N–H and O–H groups in total. The molecule has 0 saturated carbocycles. The van der Waals surface area contributed by atoms with E-state index in [1.54, 1.807) is 6.08 Å². The van der Waals surface area contributed by atoms with Gasteiger partial charge in [0.05, 0.1) is 0 Å². The number of hydrogen-bond acceptors (Lipinski definition) is 2. The summed E-state index contributed by atoms with van der Waals surface area (Å²) in [4.78, 5) is 12.3. The zero-order valence-corrected chi connectivity index (χ0v) is 14.4. The van der Waals surface area contributed by atoms with Gasteiger partial charge in [0.15, 0.2) is 5.78 Å². The first-order valence-corrected chi connectivity index (χ1v) is 8.24. The van der Waals surface area contributed by atoms with E-state index >= 15 is 0 Å². The third-order valence-electron chi connectivity index (χ3n) is 4.06. The van der Waals surface area contributed by atoms with Gasteiger partial charge in [-0.05, 0) is 66.9 Å². The fraction of sp³-hybridized carbons (Fsp3) is 0.0870. The molecule has 3 aromatic rings. The Bertz CT molecular complexity index is 908. The summed E-state index contributed by atoms with van der Waals surface area (Å²) >= 11 is 0. The standard InChI is InChI=1S/C23H20O2/c1-17-11-13-20(15-18(17)2)23(24)14-12-19-7-6-10-22(16-19)25-21-8-4-3-5-9-21/h3-16H,1-2H3/b14-12+. The molecule has 25 heavy (non-hydrogen) atoms. The lowest BCUT2D eigenvalue weighted by Gasteiger charge is -2.06. The number of hydrogen-bond donors (Lipinski definition) is 0. The molecular formula is C23H20O2. The monoisotopic (exact) mass is 328 g/mol. The maximum Gasteiger partial charge on any atom is 0.185 e. The number of benzene rings is 3. The van der Waals surface area contributed by atoms with E-state index < -0.39 is 0 Å². The van der Waals surface area contributed by atoms with Gasteiger partial charge in [-0.1, -0.05) is 48.5 Å². The molecule has 3 aromatic carbocycles. The Morgan fingerprint density at radius 2 is 1.56 bits per heavy atom. The number of allylic oxidation sites excluding steroid dienone is 1. The smallest absolute Gasteiger partial charge is 0.185 e. The van der Waals surface area contributed by atoms with Gasteiger partial charge in [0.1, 0.15) is 11.5 Å². The van der Waals surface area contributed by atoms with Crippen LogP contribution in [0.1, 0.15) is 27.0 Å². The molecule has 0 atom stereocenters. The molecule has 0 heterocycles. The van der Waals surface area contributed by atoms with Crippen LogP contribution < -0.4 is 4.74 Å². The van der Waals surface area contributed by atoms with Gasteiger partial charge in [0.25, 0.3) is 0 Å². The maximum atomic E-state index is 12.3. The van der Waals surface area contributed by atoms with Crippen LogP contribution in [-0.4, -0.2) is 5.78 Å². The summed E-state index contributed by atoms with van der Waals surface area (Å²) in [5.74, 6) is 1.53. The van der Waals surface area contributed by atoms with Crippen LogP contribution in [0.2, 0.25) is 0 Å². The molecule has 2 nitrogen and oxygen atoms in total. The zero-order chi connectivity index (χ0) is 17.6. The molecular weight excluding hydrogens is 308 g/mol. The van der Waals surface area contributed by atoms with Crippen LogP contribution in [0.5, 0.6) is 11.5 Å². The Morgan fingerprint density at radius 3 is 2.32 bits per heavy atom. The van der Waals surface area contributed by atoms with Crippen molar-refractivity contribution in [2.24, 2.45) is 0 Å². The second kappa shape index (κ2) is 7.63. The van der Waals surface area contributed by atoms with Crippen molar-refractivity contribution in [1.29, 1.82) is 0 Å². The molecule has 2 heteroatoms. The highest BCUT2D eigenvalue weighted by atomic mass is 16.5. The highest BCUT2D eigenvalue weighted by molar-refractivity contribution is 6.06. The number of carbonyl (C=O) groups is 1. The second-order valence-corrected chi connectivity index (χ2v) is 5.98. The lowest BCUT2D eigenvalue weighted by molar-refractivity contribution is 0.104. The zero-order valence-electron chi connectivity index (χ0n) is 14.4. The highest BCUT2D eigenvalue weighted by Gasteiger charge is 2.03. The van der Waals surface area contributed by atoms with E-state index in [-0.39, 0.29) is 5.78 Å². The summed E-state index contributed by atoms with van der Waals surface area (Å²) in [6.07, 6.45) is 3.42. The fourth-order valence-corrected chi connectivity index (χ4v) is 2.47. The summed E-state index contributed by atoms with van der Waals surface area (Å²) < 4.78 is 5.82. The van der Waals surface area contributed by atoms with Gasteiger partial charge >= 0.3 is 0 Å². The minimum absolute atomic E-state index is 0.00233. The van der Waals surface area contributed by atoms with Crippen LogP contribution in [0.3, 0.4) is 0 Å². The normalized spacial score (nSPS) is 10.8.